The smallest absolute Gasteiger partial charge is 0.330 e. The number of carbonyl (C=O) groups excluding carboxylic acids is 4. The van der Waals surface area contributed by atoms with Crippen LogP contribution < -0.4 is 0 Å². The number of ketones is 1. The minimum atomic E-state index is -1.27. The predicted octanol–water partition coefficient (Wildman–Crippen LogP) is 3.81. The lowest BCUT2D eigenvalue weighted by Crippen LogP contribution is -2.45. The van der Waals surface area contributed by atoms with E-state index in [1.807, 2.05) is 25.3 Å². The standard InChI is InChI=1S/C30H39NO9S/c1-6-24(32)37-15-30-9-7-8-17(2)27(35)19(4)28(36)29(5)13-26(34)39-22(29)12-25(33)38-21(11-23(30)40-30)18(3)10-20-14-41-16-31-20/h6,10,14,16-17,19,21-23,27,35H,1,7-9,11-13,15H2,2-5H3/b18-10+/t17-,19+,21-,22-,23?,27-,29+,30?/m0/s1. The molecule has 4 heterocycles. The number of aliphatic hydroxyl groups is 1. The monoisotopic (exact) mass is 589 g/mol. The molecule has 0 radical (unpaired) electrons. The van der Waals surface area contributed by atoms with Crippen LogP contribution >= 0.6 is 11.3 Å². The number of rotatable bonds is 5. The Morgan fingerprint density at radius 1 is 1.24 bits per heavy atom. The fourth-order valence-electron chi connectivity index (χ4n) is 6.00. The molecular formula is C30H39NO9S. The number of Topliss-reactive ketones (excluding diaryl/α,β-unsaturated/α-hetero) is 1. The van der Waals surface area contributed by atoms with Crippen LogP contribution in [0.15, 0.2) is 29.1 Å². The molecule has 1 N–H and O–H groups in total. The average molecular weight is 590 g/mol. The number of aromatic nitrogens is 1. The Balaban J connectivity index is 1.64. The second kappa shape index (κ2) is 12.5. The Kier molecular flexibility index (Phi) is 9.50. The second-order valence-corrected chi connectivity index (χ2v) is 12.5. The van der Waals surface area contributed by atoms with Crippen molar-refractivity contribution in [2.45, 2.75) is 96.2 Å². The molecule has 0 saturated carbocycles. The number of ether oxygens (including phenoxy) is 4. The molecule has 2 unspecified atom stereocenters. The first-order valence-corrected chi connectivity index (χ1v) is 15.0. The lowest BCUT2D eigenvalue weighted by Gasteiger charge is -2.33. The number of nitrogens with zero attached hydrogens (tertiary/aromatic N) is 1. The predicted molar refractivity (Wildman–Crippen MR) is 149 cm³/mol. The van der Waals surface area contributed by atoms with E-state index in [0.29, 0.717) is 25.7 Å². The number of epoxide rings is 1. The minimum Gasteiger partial charge on any atom is -0.461 e. The van der Waals surface area contributed by atoms with Crippen LogP contribution in [0.5, 0.6) is 0 Å². The number of fused-ring (bicyclic) bond motifs is 2. The zero-order valence-corrected chi connectivity index (χ0v) is 24.8. The maximum atomic E-state index is 13.7. The van der Waals surface area contributed by atoms with E-state index in [-0.39, 0.29) is 37.3 Å². The van der Waals surface area contributed by atoms with Crippen molar-refractivity contribution in [1.29, 1.82) is 0 Å². The molecule has 41 heavy (non-hydrogen) atoms. The van der Waals surface area contributed by atoms with Gasteiger partial charge in [-0.05, 0) is 50.7 Å². The first-order valence-electron chi connectivity index (χ1n) is 14.0. The average Bonchev–Trinajstić information content (AvgIpc) is 3.20. The van der Waals surface area contributed by atoms with Crippen LogP contribution in [-0.4, -0.2) is 70.4 Å². The van der Waals surface area contributed by atoms with Crippen LogP contribution in [0.1, 0.15) is 71.9 Å². The van der Waals surface area contributed by atoms with Gasteiger partial charge in [0, 0.05) is 23.8 Å². The van der Waals surface area contributed by atoms with Crippen LogP contribution in [0.2, 0.25) is 0 Å². The highest BCUT2D eigenvalue weighted by atomic mass is 32.1. The Morgan fingerprint density at radius 2 is 2.00 bits per heavy atom. The summed E-state index contributed by atoms with van der Waals surface area (Å²) in [6, 6.07) is 0. The second-order valence-electron chi connectivity index (χ2n) is 11.8. The Labute approximate surface area is 244 Å². The van der Waals surface area contributed by atoms with Crippen molar-refractivity contribution in [1.82, 2.24) is 4.98 Å². The molecular weight excluding hydrogens is 550 g/mol. The third-order valence-electron chi connectivity index (χ3n) is 8.75. The van der Waals surface area contributed by atoms with E-state index in [2.05, 4.69) is 11.6 Å². The van der Waals surface area contributed by atoms with Crippen molar-refractivity contribution in [3.8, 4) is 0 Å². The van der Waals surface area contributed by atoms with Crippen LogP contribution in [0.4, 0.5) is 0 Å². The molecule has 224 valence electrons. The summed E-state index contributed by atoms with van der Waals surface area (Å²) in [4.78, 5) is 55.5. The maximum absolute atomic E-state index is 13.7. The van der Waals surface area contributed by atoms with Gasteiger partial charge in [-0.25, -0.2) is 9.78 Å². The molecule has 0 amide bonds. The topological polar surface area (TPSA) is 142 Å². The van der Waals surface area contributed by atoms with Crippen LogP contribution in [-0.2, 0) is 38.1 Å². The Morgan fingerprint density at radius 3 is 2.68 bits per heavy atom. The minimum absolute atomic E-state index is 0.0141. The number of esters is 3. The highest BCUT2D eigenvalue weighted by molar-refractivity contribution is 7.07. The van der Waals surface area contributed by atoms with Gasteiger partial charge in [0.15, 0.2) is 0 Å². The highest BCUT2D eigenvalue weighted by Crippen LogP contribution is 2.46. The van der Waals surface area contributed by atoms with Crippen molar-refractivity contribution in [3.05, 3.63) is 34.8 Å². The van der Waals surface area contributed by atoms with Gasteiger partial charge < -0.3 is 24.1 Å². The molecule has 0 aliphatic carbocycles. The summed E-state index contributed by atoms with van der Waals surface area (Å²) in [6.07, 6.45) is 1.52. The van der Waals surface area contributed by atoms with Gasteiger partial charge in [-0.3, -0.25) is 14.4 Å². The van der Waals surface area contributed by atoms with Crippen LogP contribution in [0.3, 0.4) is 0 Å². The Hall–Kier alpha value is -2.89. The van der Waals surface area contributed by atoms with Crippen LogP contribution in [0.25, 0.3) is 6.08 Å². The molecule has 11 heteroatoms. The van der Waals surface area contributed by atoms with Gasteiger partial charge in [-0.2, -0.15) is 0 Å². The fraction of sp³-hybridized carbons (Fsp3) is 0.633. The van der Waals surface area contributed by atoms with Gasteiger partial charge in [0.2, 0.25) is 0 Å². The highest BCUT2D eigenvalue weighted by Gasteiger charge is 2.58. The first kappa shape index (κ1) is 31.1. The van der Waals surface area contributed by atoms with E-state index in [1.54, 1.807) is 19.4 Å². The SMILES string of the molecule is C=CC(=O)OCC12CCC[C@H](C)[C@H](O)[C@@H](C)C(=O)[C@]3(C)CC(=O)O[C@H]3CC(=O)O[C@H](/C(C)=C/c3cscn3)CC1O2. The summed E-state index contributed by atoms with van der Waals surface area (Å²) in [5, 5.41) is 12.9. The zero-order valence-electron chi connectivity index (χ0n) is 24.0. The number of hydrogen-bond donors (Lipinski definition) is 1. The van der Waals surface area contributed by atoms with E-state index in [1.165, 1.54) is 11.3 Å². The molecule has 3 saturated heterocycles. The number of carbonyl (C=O) groups is 4. The van der Waals surface area contributed by atoms with Gasteiger partial charge in [-0.1, -0.05) is 20.4 Å². The zero-order chi connectivity index (χ0) is 29.9. The van der Waals surface area contributed by atoms with E-state index in [0.717, 1.165) is 17.3 Å². The number of aliphatic hydroxyl groups excluding tert-OH is 1. The fourth-order valence-corrected chi connectivity index (χ4v) is 6.51. The van der Waals surface area contributed by atoms with Gasteiger partial charge in [0.05, 0.1) is 41.7 Å². The summed E-state index contributed by atoms with van der Waals surface area (Å²) in [5.41, 5.74) is 1.14. The van der Waals surface area contributed by atoms with Crippen LogP contribution in [0, 0.1) is 17.3 Å². The molecule has 3 aliphatic heterocycles. The van der Waals surface area contributed by atoms with E-state index < -0.39 is 53.2 Å². The lowest BCUT2D eigenvalue weighted by atomic mass is 9.71. The van der Waals surface area contributed by atoms with Crippen molar-refractivity contribution in [2.24, 2.45) is 17.3 Å². The third-order valence-corrected chi connectivity index (χ3v) is 9.35. The number of hydrogen-bond acceptors (Lipinski definition) is 11. The molecule has 10 nitrogen and oxygen atoms in total. The molecule has 3 aliphatic rings. The molecule has 0 aromatic carbocycles. The van der Waals surface area contributed by atoms with Crippen molar-refractivity contribution in [2.75, 3.05) is 6.61 Å². The van der Waals surface area contributed by atoms with E-state index in [4.69, 9.17) is 18.9 Å². The largest absolute Gasteiger partial charge is 0.461 e. The van der Waals surface area contributed by atoms with Gasteiger partial charge in [-0.15, -0.1) is 11.3 Å². The molecule has 3 fully saturated rings. The lowest BCUT2D eigenvalue weighted by molar-refractivity contribution is -0.155. The quantitative estimate of drug-likeness (QED) is 0.233. The van der Waals surface area contributed by atoms with Crippen molar-refractivity contribution >= 4 is 41.1 Å². The van der Waals surface area contributed by atoms with Gasteiger partial charge >= 0.3 is 17.9 Å². The first-order chi connectivity index (χ1) is 19.4. The van der Waals surface area contributed by atoms with Gasteiger partial charge in [0.1, 0.15) is 30.2 Å². The molecule has 0 spiro atoms. The maximum Gasteiger partial charge on any atom is 0.330 e. The number of cyclic esters (lactones) is 1. The molecule has 1 aromatic rings. The summed E-state index contributed by atoms with van der Waals surface area (Å²) in [7, 11) is 0. The normalized spacial score (nSPS) is 36.9. The molecule has 0 bridgehead atoms. The summed E-state index contributed by atoms with van der Waals surface area (Å²) >= 11 is 1.44. The molecule has 1 aromatic heterocycles. The summed E-state index contributed by atoms with van der Waals surface area (Å²) in [5.74, 6) is -3.08. The molecule has 4 rings (SSSR count). The summed E-state index contributed by atoms with van der Waals surface area (Å²) in [6.45, 7) is 10.5. The third kappa shape index (κ3) is 6.95. The van der Waals surface area contributed by atoms with E-state index >= 15 is 0 Å². The van der Waals surface area contributed by atoms with Gasteiger partial charge in [0.25, 0.3) is 0 Å². The number of thiazole rings is 1. The summed E-state index contributed by atoms with van der Waals surface area (Å²) < 4.78 is 22.9. The van der Waals surface area contributed by atoms with E-state index in [9.17, 15) is 24.3 Å². The van der Waals surface area contributed by atoms with Crippen molar-refractivity contribution < 1.29 is 43.2 Å². The molecule has 8 atom stereocenters. The van der Waals surface area contributed by atoms with Crippen molar-refractivity contribution in [3.63, 3.8) is 0 Å². The Bertz CT molecular complexity index is 1200.